The van der Waals surface area contributed by atoms with Crippen molar-refractivity contribution >= 4 is 5.91 Å². The van der Waals surface area contributed by atoms with Gasteiger partial charge in [0.1, 0.15) is 30.3 Å². The average molecular weight is 409 g/mol. The van der Waals surface area contributed by atoms with Crippen LogP contribution in [0.15, 0.2) is 30.3 Å². The average Bonchev–Trinajstić information content (AvgIpc) is 3.03. The van der Waals surface area contributed by atoms with Crippen LogP contribution in [0.4, 0.5) is 4.39 Å². The minimum atomic E-state index is -0.675. The molecule has 2 aromatic carbocycles. The first kappa shape index (κ1) is 20.3. The van der Waals surface area contributed by atoms with E-state index in [4.69, 9.17) is 9.47 Å². The molecule has 2 heterocycles. The summed E-state index contributed by atoms with van der Waals surface area (Å²) in [6.45, 7) is 4.04. The molecule has 156 valence electrons. The third kappa shape index (κ3) is 4.30. The molecule has 4 rings (SSSR count). The molecular weight excluding hydrogens is 385 g/mol. The van der Waals surface area contributed by atoms with E-state index < -0.39 is 12.1 Å². The van der Waals surface area contributed by atoms with Crippen LogP contribution in [0, 0.1) is 24.1 Å². The third-order valence-corrected chi connectivity index (χ3v) is 5.51. The van der Waals surface area contributed by atoms with Gasteiger partial charge in [0.15, 0.2) is 0 Å². The van der Waals surface area contributed by atoms with Crippen molar-refractivity contribution in [3.8, 4) is 22.9 Å². The summed E-state index contributed by atoms with van der Waals surface area (Å²) in [5, 5.41) is 15.5. The molecule has 2 atom stereocenters. The first-order valence-electron chi connectivity index (χ1n) is 10.1. The molecule has 1 amide bonds. The highest BCUT2D eigenvalue weighted by Crippen LogP contribution is 2.39. The number of nitriles is 1. The minimum Gasteiger partial charge on any atom is -0.488 e. The molecule has 2 aromatic rings. The Morgan fingerprint density at radius 3 is 3.07 bits per heavy atom. The molecule has 7 heteroatoms. The van der Waals surface area contributed by atoms with Crippen LogP contribution >= 0.6 is 0 Å². The fraction of sp³-hybridized carbons (Fsp3) is 0.391. The van der Waals surface area contributed by atoms with E-state index in [1.165, 1.54) is 12.1 Å². The Hall–Kier alpha value is -2.95. The van der Waals surface area contributed by atoms with Crippen molar-refractivity contribution in [2.75, 3.05) is 19.7 Å². The number of carbonyl (C=O) groups excluding carboxylic acids is 1. The molecule has 0 radical (unpaired) electrons. The summed E-state index contributed by atoms with van der Waals surface area (Å²) in [4.78, 5) is 12.5. The van der Waals surface area contributed by atoms with Gasteiger partial charge < -0.3 is 20.1 Å². The zero-order chi connectivity index (χ0) is 21.1. The predicted octanol–water partition coefficient (Wildman–Crippen LogP) is 2.62. The van der Waals surface area contributed by atoms with Crippen molar-refractivity contribution in [1.82, 2.24) is 10.6 Å². The van der Waals surface area contributed by atoms with Crippen LogP contribution in [0.5, 0.6) is 5.75 Å². The maximum atomic E-state index is 13.5. The van der Waals surface area contributed by atoms with Gasteiger partial charge in [-0.05, 0) is 60.8 Å². The van der Waals surface area contributed by atoms with Gasteiger partial charge in [0.25, 0.3) is 5.91 Å². The molecule has 2 aliphatic heterocycles. The van der Waals surface area contributed by atoms with E-state index in [-0.39, 0.29) is 11.7 Å². The summed E-state index contributed by atoms with van der Waals surface area (Å²) in [6.07, 6.45) is 0.629. The first-order valence-corrected chi connectivity index (χ1v) is 10.1. The van der Waals surface area contributed by atoms with Crippen LogP contribution in [0.3, 0.4) is 0 Å². The number of benzene rings is 2. The normalized spacial score (nSPS) is 18.8. The summed E-state index contributed by atoms with van der Waals surface area (Å²) < 4.78 is 24.9. The molecule has 2 N–H and O–H groups in total. The molecule has 6 nitrogen and oxygen atoms in total. The van der Waals surface area contributed by atoms with E-state index >= 15 is 0 Å². The van der Waals surface area contributed by atoms with Gasteiger partial charge in [-0.1, -0.05) is 6.07 Å². The lowest BCUT2D eigenvalue weighted by molar-refractivity contribution is -0.132. The summed E-state index contributed by atoms with van der Waals surface area (Å²) in [6, 6.07) is 10.1. The molecule has 0 spiro atoms. The third-order valence-electron chi connectivity index (χ3n) is 5.51. The van der Waals surface area contributed by atoms with Crippen molar-refractivity contribution in [3.05, 3.63) is 52.8 Å². The first-order chi connectivity index (χ1) is 14.5. The van der Waals surface area contributed by atoms with Gasteiger partial charge in [0.2, 0.25) is 0 Å². The molecule has 2 aliphatic rings. The number of halogens is 1. The van der Waals surface area contributed by atoms with Crippen LogP contribution in [0.25, 0.3) is 11.1 Å². The Balaban J connectivity index is 1.51. The van der Waals surface area contributed by atoms with E-state index in [2.05, 4.69) is 16.7 Å². The van der Waals surface area contributed by atoms with E-state index in [0.29, 0.717) is 31.9 Å². The summed E-state index contributed by atoms with van der Waals surface area (Å²) in [5.74, 6) is 0.141. The lowest BCUT2D eigenvalue weighted by Crippen LogP contribution is -2.46. The zero-order valence-electron chi connectivity index (χ0n) is 16.8. The Labute approximate surface area is 175 Å². The van der Waals surface area contributed by atoms with Gasteiger partial charge in [-0.25, -0.2) is 4.39 Å². The highest BCUT2D eigenvalue weighted by molar-refractivity contribution is 5.82. The van der Waals surface area contributed by atoms with Crippen LogP contribution in [-0.2, 0) is 22.6 Å². The zero-order valence-corrected chi connectivity index (χ0v) is 16.8. The van der Waals surface area contributed by atoms with Crippen molar-refractivity contribution in [2.45, 2.75) is 38.5 Å². The lowest BCUT2D eigenvalue weighted by Gasteiger charge is -2.23. The van der Waals surface area contributed by atoms with Gasteiger partial charge in [0.05, 0.1) is 6.07 Å². The predicted molar refractivity (Wildman–Crippen MR) is 109 cm³/mol. The number of ether oxygens (including phenoxy) is 2. The summed E-state index contributed by atoms with van der Waals surface area (Å²) >= 11 is 0. The number of hydrogen-bond acceptors (Lipinski definition) is 5. The monoisotopic (exact) mass is 409 g/mol. The molecular formula is C23H24FN3O3. The highest BCUT2D eigenvalue weighted by atomic mass is 19.1. The number of nitrogens with zero attached hydrogens (tertiary/aromatic N) is 1. The number of nitrogens with one attached hydrogen (secondary N) is 2. The number of amides is 1. The van der Waals surface area contributed by atoms with Crippen LogP contribution < -0.4 is 15.4 Å². The van der Waals surface area contributed by atoms with Crippen molar-refractivity contribution in [3.63, 3.8) is 0 Å². The van der Waals surface area contributed by atoms with E-state index in [1.807, 2.05) is 19.1 Å². The lowest BCUT2D eigenvalue weighted by atomic mass is 9.91. The molecule has 1 unspecified atom stereocenters. The number of carbonyl (C=O) groups is 1. The Kier molecular flexibility index (Phi) is 5.98. The fourth-order valence-electron chi connectivity index (χ4n) is 3.88. The van der Waals surface area contributed by atoms with Crippen molar-refractivity contribution < 1.29 is 18.7 Å². The fourth-order valence-corrected chi connectivity index (χ4v) is 3.88. The molecule has 30 heavy (non-hydrogen) atoms. The molecule has 1 fully saturated rings. The number of aryl methyl sites for hydroxylation is 1. The van der Waals surface area contributed by atoms with Crippen molar-refractivity contribution in [1.29, 1.82) is 5.26 Å². The molecule has 0 aliphatic carbocycles. The molecule has 0 aromatic heterocycles. The van der Waals surface area contributed by atoms with Crippen LogP contribution in [-0.4, -0.2) is 37.7 Å². The highest BCUT2D eigenvalue weighted by Gasteiger charge is 2.25. The van der Waals surface area contributed by atoms with Gasteiger partial charge in [-0.15, -0.1) is 0 Å². The largest absolute Gasteiger partial charge is 0.488 e. The Bertz CT molecular complexity index is 994. The van der Waals surface area contributed by atoms with Gasteiger partial charge in [-0.2, -0.15) is 5.26 Å². The maximum Gasteiger partial charge on any atom is 0.251 e. The standard InChI is InChI=1S/C23H24FN3O3/c1-14-7-20-19-4-3-17(24)8-16(19)13-30-21(20)10-15(14)9-18(11-25)27-23(28)22-12-26-5-2-6-29-22/h3-4,7-8,10,18,22,26H,2,5-6,9,12-13H2,1H3,(H,27,28)/t18?,22-/m0/s1. The second kappa shape index (κ2) is 8.82. The minimum absolute atomic E-state index is 0.279. The van der Waals surface area contributed by atoms with Crippen LogP contribution in [0.1, 0.15) is 23.1 Å². The quantitative estimate of drug-likeness (QED) is 0.811. The van der Waals surface area contributed by atoms with E-state index in [0.717, 1.165) is 40.8 Å². The summed E-state index contributed by atoms with van der Waals surface area (Å²) in [7, 11) is 0. The van der Waals surface area contributed by atoms with Crippen molar-refractivity contribution in [2.24, 2.45) is 0 Å². The second-order valence-electron chi connectivity index (χ2n) is 7.68. The number of rotatable bonds is 4. The Morgan fingerprint density at radius 2 is 2.23 bits per heavy atom. The van der Waals surface area contributed by atoms with Gasteiger partial charge in [-0.3, -0.25) is 4.79 Å². The Morgan fingerprint density at radius 1 is 1.37 bits per heavy atom. The van der Waals surface area contributed by atoms with Gasteiger partial charge >= 0.3 is 0 Å². The second-order valence-corrected chi connectivity index (χ2v) is 7.68. The topological polar surface area (TPSA) is 83.4 Å². The maximum absolute atomic E-state index is 13.5. The molecule has 1 saturated heterocycles. The van der Waals surface area contributed by atoms with E-state index in [1.54, 1.807) is 6.07 Å². The molecule has 0 bridgehead atoms. The smallest absolute Gasteiger partial charge is 0.251 e. The molecule has 0 saturated carbocycles. The number of hydrogen-bond donors (Lipinski definition) is 2. The van der Waals surface area contributed by atoms with Crippen LogP contribution in [0.2, 0.25) is 0 Å². The SMILES string of the molecule is Cc1cc2c(cc1CC(C#N)NC(=O)[C@@H]1CNCCCO1)OCc1cc(F)ccc1-2. The van der Waals surface area contributed by atoms with Gasteiger partial charge in [0, 0.05) is 30.7 Å². The summed E-state index contributed by atoms with van der Waals surface area (Å²) in [5.41, 5.74) is 4.58. The number of fused-ring (bicyclic) bond motifs is 3. The van der Waals surface area contributed by atoms with E-state index in [9.17, 15) is 14.4 Å².